The Kier molecular flexibility index (Phi) is 6.01. The van der Waals surface area contributed by atoms with Crippen molar-refractivity contribution in [2.45, 2.75) is 0 Å². The molecule has 0 spiro atoms. The first-order valence-corrected chi connectivity index (χ1v) is 8.77. The fourth-order valence-electron chi connectivity index (χ4n) is 2.34. The van der Waals surface area contributed by atoms with Gasteiger partial charge in [-0.05, 0) is 12.1 Å². The van der Waals surface area contributed by atoms with Crippen LogP contribution in [0, 0.1) is 0 Å². The fraction of sp³-hybridized carbons (Fsp3) is 0. The van der Waals surface area contributed by atoms with Gasteiger partial charge in [-0.1, -0.05) is 89.9 Å². The van der Waals surface area contributed by atoms with Crippen LogP contribution < -0.4 is 0 Å². The summed E-state index contributed by atoms with van der Waals surface area (Å²) in [6.07, 6.45) is 0. The average molecular weight is 397 g/mol. The number of aliphatic hydroxyl groups is 1. The van der Waals surface area contributed by atoms with E-state index in [4.69, 9.17) is 23.2 Å². The van der Waals surface area contributed by atoms with Crippen LogP contribution in [0.3, 0.4) is 0 Å². The van der Waals surface area contributed by atoms with Crippen molar-refractivity contribution in [3.63, 3.8) is 0 Å². The lowest BCUT2D eigenvalue weighted by atomic mass is 10.1. The minimum Gasteiger partial charge on any atom is -0.505 e. The minimum absolute atomic E-state index is 0.205. The normalized spacial score (nSPS) is 12.1. The second kappa shape index (κ2) is 8.62. The number of benzene rings is 3. The Morgan fingerprint density at radius 1 is 0.741 bits per heavy atom. The monoisotopic (exact) mass is 396 g/mol. The second-order valence-corrected chi connectivity index (χ2v) is 6.34. The molecular weight excluding hydrogens is 383 g/mol. The number of hydrogen-bond donors (Lipinski definition) is 1. The fourth-order valence-corrected chi connectivity index (χ4v) is 2.82. The van der Waals surface area contributed by atoms with Gasteiger partial charge in [0.05, 0.1) is 10.0 Å². The average Bonchev–Trinajstić information content (AvgIpc) is 2.71. The van der Waals surface area contributed by atoms with Crippen LogP contribution in [0.4, 0.5) is 5.69 Å². The minimum atomic E-state index is -0.469. The van der Waals surface area contributed by atoms with E-state index in [2.05, 4.69) is 10.2 Å². The first-order chi connectivity index (χ1) is 13.1. The van der Waals surface area contributed by atoms with Crippen LogP contribution in [0.5, 0.6) is 0 Å². The van der Waals surface area contributed by atoms with Crippen LogP contribution in [0.15, 0.2) is 94.8 Å². The first-order valence-electron chi connectivity index (χ1n) is 8.02. The molecule has 0 amide bonds. The van der Waals surface area contributed by atoms with Crippen LogP contribution in [0.25, 0.3) is 5.76 Å². The zero-order valence-corrected chi connectivity index (χ0v) is 15.5. The standard InChI is InChI=1S/C21H14Cl2N2O2/c22-16-12-7-13-17(23)18(16)24-25-19(20(26)14-8-3-1-4-9-14)21(27)15-10-5-2-6-11-15/h1-13,26H/b20-19-,25-24?. The molecule has 6 heteroatoms. The number of allylic oxidation sites excluding steroid dienone is 1. The SMILES string of the molecule is O=C(/C(N=Nc1c(Cl)cccc1Cl)=C(/O)c1ccccc1)c1ccccc1. The number of rotatable bonds is 5. The smallest absolute Gasteiger partial charge is 0.217 e. The van der Waals surface area contributed by atoms with Crippen LogP contribution in [0.1, 0.15) is 15.9 Å². The van der Waals surface area contributed by atoms with E-state index in [9.17, 15) is 9.90 Å². The quantitative estimate of drug-likeness (QED) is 0.221. The van der Waals surface area contributed by atoms with E-state index in [1.165, 1.54) is 0 Å². The maximum atomic E-state index is 12.9. The Morgan fingerprint density at radius 2 is 1.26 bits per heavy atom. The number of ketones is 1. The van der Waals surface area contributed by atoms with E-state index in [-0.39, 0.29) is 27.2 Å². The number of Topliss-reactive ketones (excluding diaryl/α,β-unsaturated/α-hetero) is 1. The molecule has 0 radical (unpaired) electrons. The maximum Gasteiger partial charge on any atom is 0.217 e. The van der Waals surface area contributed by atoms with Gasteiger partial charge in [-0.15, -0.1) is 10.2 Å². The van der Waals surface area contributed by atoms with Crippen molar-refractivity contribution in [1.29, 1.82) is 0 Å². The number of azo groups is 1. The van der Waals surface area contributed by atoms with Crippen molar-refractivity contribution in [3.05, 3.63) is 106 Å². The van der Waals surface area contributed by atoms with E-state index in [0.29, 0.717) is 11.1 Å². The van der Waals surface area contributed by atoms with Crippen molar-refractivity contribution in [2.24, 2.45) is 10.2 Å². The lowest BCUT2D eigenvalue weighted by Gasteiger charge is -2.06. The third kappa shape index (κ3) is 4.42. The molecule has 0 aliphatic carbocycles. The molecule has 0 unspecified atom stereocenters. The van der Waals surface area contributed by atoms with Gasteiger partial charge in [0.25, 0.3) is 0 Å². The van der Waals surface area contributed by atoms with Crippen molar-refractivity contribution < 1.29 is 9.90 Å². The van der Waals surface area contributed by atoms with Gasteiger partial charge in [0, 0.05) is 11.1 Å². The summed E-state index contributed by atoms with van der Waals surface area (Å²) in [4.78, 5) is 12.9. The Balaban J connectivity index is 2.11. The molecular formula is C21H14Cl2N2O2. The zero-order valence-electron chi connectivity index (χ0n) is 14.0. The number of carbonyl (C=O) groups is 1. The molecule has 0 atom stereocenters. The highest BCUT2D eigenvalue weighted by Crippen LogP contribution is 2.34. The predicted octanol–water partition coefficient (Wildman–Crippen LogP) is 6.89. The summed E-state index contributed by atoms with van der Waals surface area (Å²) >= 11 is 12.2. The molecule has 27 heavy (non-hydrogen) atoms. The Labute approximate surface area is 166 Å². The molecule has 0 aliphatic rings. The van der Waals surface area contributed by atoms with Gasteiger partial charge in [0.2, 0.25) is 5.78 Å². The largest absolute Gasteiger partial charge is 0.505 e. The Morgan fingerprint density at radius 3 is 1.81 bits per heavy atom. The number of carbonyl (C=O) groups excluding carboxylic acids is 1. The highest BCUT2D eigenvalue weighted by Gasteiger charge is 2.19. The van der Waals surface area contributed by atoms with Crippen LogP contribution in [0.2, 0.25) is 10.0 Å². The van der Waals surface area contributed by atoms with E-state index < -0.39 is 5.78 Å². The highest BCUT2D eigenvalue weighted by molar-refractivity contribution is 6.38. The van der Waals surface area contributed by atoms with Crippen LogP contribution in [-0.2, 0) is 0 Å². The van der Waals surface area contributed by atoms with Crippen molar-refractivity contribution >= 4 is 40.4 Å². The zero-order chi connectivity index (χ0) is 19.2. The van der Waals surface area contributed by atoms with E-state index in [1.807, 2.05) is 0 Å². The molecule has 0 fully saturated rings. The number of halogens is 2. The van der Waals surface area contributed by atoms with Crippen molar-refractivity contribution in [2.75, 3.05) is 0 Å². The van der Waals surface area contributed by atoms with Crippen LogP contribution >= 0.6 is 23.2 Å². The lowest BCUT2D eigenvalue weighted by Crippen LogP contribution is -2.04. The number of nitrogens with zero attached hydrogens (tertiary/aromatic N) is 2. The van der Waals surface area contributed by atoms with E-state index >= 15 is 0 Å². The molecule has 1 N–H and O–H groups in total. The summed E-state index contributed by atoms with van der Waals surface area (Å²) in [5, 5.41) is 19.3. The Bertz CT molecular complexity index is 997. The molecule has 0 aromatic heterocycles. The van der Waals surface area contributed by atoms with Crippen molar-refractivity contribution in [3.8, 4) is 0 Å². The molecule has 0 heterocycles. The molecule has 3 aromatic carbocycles. The molecule has 3 rings (SSSR count). The van der Waals surface area contributed by atoms with Crippen LogP contribution in [-0.4, -0.2) is 10.9 Å². The van der Waals surface area contributed by atoms with Gasteiger partial charge in [-0.25, -0.2) is 0 Å². The molecule has 3 aromatic rings. The second-order valence-electron chi connectivity index (χ2n) is 5.53. The van der Waals surface area contributed by atoms with Gasteiger partial charge in [-0.3, -0.25) is 4.79 Å². The number of aliphatic hydroxyl groups excluding tert-OH is 1. The maximum absolute atomic E-state index is 12.9. The predicted molar refractivity (Wildman–Crippen MR) is 108 cm³/mol. The van der Waals surface area contributed by atoms with Crippen molar-refractivity contribution in [1.82, 2.24) is 0 Å². The third-order valence-corrected chi connectivity index (χ3v) is 4.32. The molecule has 0 saturated heterocycles. The summed E-state index contributed by atoms with van der Waals surface area (Å²) < 4.78 is 0. The molecule has 0 aliphatic heterocycles. The number of hydrogen-bond acceptors (Lipinski definition) is 4. The first kappa shape index (κ1) is 18.8. The van der Waals surface area contributed by atoms with Gasteiger partial charge in [-0.2, -0.15) is 0 Å². The summed E-state index contributed by atoms with van der Waals surface area (Å²) in [7, 11) is 0. The third-order valence-electron chi connectivity index (χ3n) is 3.71. The Hall–Kier alpha value is -2.95. The molecule has 0 bridgehead atoms. The molecule has 0 saturated carbocycles. The van der Waals surface area contributed by atoms with E-state index in [1.54, 1.807) is 78.9 Å². The van der Waals surface area contributed by atoms with Gasteiger partial charge >= 0.3 is 0 Å². The van der Waals surface area contributed by atoms with Gasteiger partial charge in [0.15, 0.2) is 11.5 Å². The van der Waals surface area contributed by atoms with Gasteiger partial charge in [0.1, 0.15) is 5.69 Å². The molecule has 134 valence electrons. The summed E-state index contributed by atoms with van der Waals surface area (Å²) in [5.41, 5.74) is 0.837. The molecule has 4 nitrogen and oxygen atoms in total. The van der Waals surface area contributed by atoms with E-state index in [0.717, 1.165) is 0 Å². The topological polar surface area (TPSA) is 62.0 Å². The summed E-state index contributed by atoms with van der Waals surface area (Å²) in [6, 6.07) is 22.1. The summed E-state index contributed by atoms with van der Waals surface area (Å²) in [5.74, 6) is -0.750. The summed E-state index contributed by atoms with van der Waals surface area (Å²) in [6.45, 7) is 0. The van der Waals surface area contributed by atoms with Gasteiger partial charge < -0.3 is 5.11 Å². The highest BCUT2D eigenvalue weighted by atomic mass is 35.5. The lowest BCUT2D eigenvalue weighted by molar-refractivity contribution is 0.103.